The van der Waals surface area contributed by atoms with Crippen molar-refractivity contribution in [2.45, 2.75) is 45.1 Å². The summed E-state index contributed by atoms with van der Waals surface area (Å²) in [7, 11) is 0. The maximum atomic E-state index is 10.2. The van der Waals surface area contributed by atoms with Gasteiger partial charge in [-0.1, -0.05) is 52.0 Å². The zero-order valence-corrected chi connectivity index (χ0v) is 10.0. The van der Waals surface area contributed by atoms with Crippen LogP contribution in [0.5, 0.6) is 0 Å². The fourth-order valence-corrected chi connectivity index (χ4v) is 2.07. The summed E-state index contributed by atoms with van der Waals surface area (Å²) in [6.07, 6.45) is 0.905. The van der Waals surface area contributed by atoms with Crippen molar-refractivity contribution in [3.63, 3.8) is 0 Å². The van der Waals surface area contributed by atoms with Gasteiger partial charge in [-0.3, -0.25) is 0 Å². The molecule has 0 bridgehead atoms. The molecule has 1 fully saturated rings. The average Bonchev–Trinajstić information content (AvgIpc) is 2.75. The lowest BCUT2D eigenvalue weighted by atomic mass is 9.86. The monoisotopic (exact) mass is 204 g/mol. The third-order valence-electron chi connectivity index (χ3n) is 3.52. The van der Waals surface area contributed by atoms with Crippen LogP contribution in [0.1, 0.15) is 45.2 Å². The van der Waals surface area contributed by atoms with Gasteiger partial charge in [-0.05, 0) is 28.9 Å². The Kier molecular flexibility index (Phi) is 2.20. The van der Waals surface area contributed by atoms with Crippen molar-refractivity contribution in [1.29, 1.82) is 0 Å². The van der Waals surface area contributed by atoms with E-state index in [4.69, 9.17) is 0 Å². The molecule has 1 heteroatoms. The van der Waals surface area contributed by atoms with Gasteiger partial charge in [0, 0.05) is 0 Å². The van der Waals surface area contributed by atoms with Crippen molar-refractivity contribution >= 4 is 0 Å². The van der Waals surface area contributed by atoms with Crippen LogP contribution >= 0.6 is 0 Å². The highest BCUT2D eigenvalue weighted by molar-refractivity contribution is 5.34. The van der Waals surface area contributed by atoms with E-state index in [1.807, 2.05) is 0 Å². The molecular formula is C14H20O. The second-order valence-corrected chi connectivity index (χ2v) is 5.86. The molecule has 82 valence electrons. The molecule has 1 aliphatic rings. The Labute approximate surface area is 92.1 Å². The quantitative estimate of drug-likeness (QED) is 0.744. The number of hydrogen-bond donors (Lipinski definition) is 1. The minimum Gasteiger partial charge on any atom is -0.385 e. The summed E-state index contributed by atoms with van der Waals surface area (Å²) in [4.78, 5) is 0. The molecule has 1 aromatic rings. The predicted octanol–water partition coefficient (Wildman–Crippen LogP) is 3.21. The summed E-state index contributed by atoms with van der Waals surface area (Å²) in [6.45, 7) is 8.71. The molecule has 1 saturated carbocycles. The molecule has 0 amide bonds. The first kappa shape index (κ1) is 10.7. The van der Waals surface area contributed by atoms with Crippen molar-refractivity contribution in [2.24, 2.45) is 5.92 Å². The van der Waals surface area contributed by atoms with Crippen LogP contribution in [-0.2, 0) is 11.0 Å². The second kappa shape index (κ2) is 3.08. The van der Waals surface area contributed by atoms with Gasteiger partial charge < -0.3 is 5.11 Å². The van der Waals surface area contributed by atoms with Crippen LogP contribution in [0, 0.1) is 5.92 Å². The Hall–Kier alpha value is -0.820. The predicted molar refractivity (Wildman–Crippen MR) is 62.8 cm³/mol. The fraction of sp³-hybridized carbons (Fsp3) is 0.571. The smallest absolute Gasteiger partial charge is 0.0926 e. The topological polar surface area (TPSA) is 20.2 Å². The maximum absolute atomic E-state index is 10.2. The van der Waals surface area contributed by atoms with Gasteiger partial charge in [-0.15, -0.1) is 0 Å². The molecule has 0 aliphatic heterocycles. The molecule has 0 heterocycles. The maximum Gasteiger partial charge on any atom is 0.0926 e. The number of aliphatic hydroxyl groups is 1. The second-order valence-electron chi connectivity index (χ2n) is 5.86. The Morgan fingerprint density at radius 3 is 2.00 bits per heavy atom. The first-order valence-electron chi connectivity index (χ1n) is 5.67. The van der Waals surface area contributed by atoms with Crippen molar-refractivity contribution in [2.75, 3.05) is 0 Å². The van der Waals surface area contributed by atoms with Crippen molar-refractivity contribution in [3.8, 4) is 0 Å². The zero-order valence-electron chi connectivity index (χ0n) is 10.0. The molecule has 1 N–H and O–H groups in total. The molecule has 2 atom stereocenters. The molecule has 1 aromatic carbocycles. The lowest BCUT2D eigenvalue weighted by Gasteiger charge is -2.20. The van der Waals surface area contributed by atoms with Crippen LogP contribution in [0.4, 0.5) is 0 Å². The highest BCUT2D eigenvalue weighted by atomic mass is 16.3. The molecule has 2 unspecified atom stereocenters. The lowest BCUT2D eigenvalue weighted by Crippen LogP contribution is -2.12. The van der Waals surface area contributed by atoms with Crippen molar-refractivity contribution < 1.29 is 5.11 Å². The van der Waals surface area contributed by atoms with Crippen molar-refractivity contribution in [1.82, 2.24) is 0 Å². The Morgan fingerprint density at radius 2 is 1.67 bits per heavy atom. The summed E-state index contributed by atoms with van der Waals surface area (Å²) in [5, 5.41) is 10.2. The van der Waals surface area contributed by atoms with Gasteiger partial charge in [0.1, 0.15) is 0 Å². The van der Waals surface area contributed by atoms with Gasteiger partial charge in [0.2, 0.25) is 0 Å². The Bertz CT molecular complexity index is 358. The minimum absolute atomic E-state index is 0.191. The van der Waals surface area contributed by atoms with Gasteiger partial charge in [-0.2, -0.15) is 0 Å². The molecule has 15 heavy (non-hydrogen) atoms. The summed E-state index contributed by atoms with van der Waals surface area (Å²) >= 11 is 0. The summed E-state index contributed by atoms with van der Waals surface area (Å²) in [5.74, 6) is 0.415. The molecular weight excluding hydrogens is 184 g/mol. The lowest BCUT2D eigenvalue weighted by molar-refractivity contribution is 0.134. The van der Waals surface area contributed by atoms with Gasteiger partial charge >= 0.3 is 0 Å². The first-order chi connectivity index (χ1) is 6.84. The van der Waals surface area contributed by atoms with E-state index in [9.17, 15) is 5.11 Å². The Balaban J connectivity index is 2.26. The van der Waals surface area contributed by atoms with E-state index in [1.54, 1.807) is 0 Å². The van der Waals surface area contributed by atoms with Crippen LogP contribution < -0.4 is 0 Å². The van der Waals surface area contributed by atoms with E-state index in [0.717, 1.165) is 12.0 Å². The third kappa shape index (κ3) is 1.81. The van der Waals surface area contributed by atoms with Crippen LogP contribution in [0.25, 0.3) is 0 Å². The number of rotatable bonds is 1. The van der Waals surface area contributed by atoms with E-state index in [0.29, 0.717) is 5.92 Å². The molecule has 1 nitrogen and oxygen atoms in total. The van der Waals surface area contributed by atoms with E-state index in [2.05, 4.69) is 52.0 Å². The normalized spacial score (nSPS) is 30.3. The molecule has 0 radical (unpaired) electrons. The van der Waals surface area contributed by atoms with E-state index < -0.39 is 5.60 Å². The molecule has 0 spiro atoms. The minimum atomic E-state index is -0.531. The number of benzene rings is 1. The molecule has 1 aliphatic carbocycles. The van der Waals surface area contributed by atoms with Crippen molar-refractivity contribution in [3.05, 3.63) is 35.4 Å². The molecule has 0 aromatic heterocycles. The summed E-state index contributed by atoms with van der Waals surface area (Å²) in [6, 6.07) is 8.42. The highest BCUT2D eigenvalue weighted by Crippen LogP contribution is 2.51. The molecule has 2 rings (SSSR count). The van der Waals surface area contributed by atoms with Crippen LogP contribution in [0.3, 0.4) is 0 Å². The van der Waals surface area contributed by atoms with Gasteiger partial charge in [0.05, 0.1) is 5.60 Å². The third-order valence-corrected chi connectivity index (χ3v) is 3.52. The van der Waals surface area contributed by atoms with Crippen LogP contribution in [-0.4, -0.2) is 5.11 Å². The first-order valence-corrected chi connectivity index (χ1v) is 5.67. The Morgan fingerprint density at radius 1 is 1.20 bits per heavy atom. The average molecular weight is 204 g/mol. The fourth-order valence-electron chi connectivity index (χ4n) is 2.07. The summed E-state index contributed by atoms with van der Waals surface area (Å²) in [5.41, 5.74) is 2.05. The molecule has 0 saturated heterocycles. The van der Waals surface area contributed by atoms with Crippen LogP contribution in [0.2, 0.25) is 0 Å². The van der Waals surface area contributed by atoms with Gasteiger partial charge in [0.25, 0.3) is 0 Å². The SMILES string of the molecule is CC1CC1(O)c1ccc(C(C)(C)C)cc1. The van der Waals surface area contributed by atoms with Gasteiger partial charge in [-0.25, -0.2) is 0 Å². The standard InChI is InChI=1S/C14H20O/c1-10-9-14(10,15)12-7-5-11(6-8-12)13(2,3)4/h5-8,10,15H,9H2,1-4H3. The highest BCUT2D eigenvalue weighted by Gasteiger charge is 2.50. The van der Waals surface area contributed by atoms with Crippen LogP contribution in [0.15, 0.2) is 24.3 Å². The largest absolute Gasteiger partial charge is 0.385 e. The van der Waals surface area contributed by atoms with E-state index in [-0.39, 0.29) is 5.41 Å². The van der Waals surface area contributed by atoms with E-state index >= 15 is 0 Å². The zero-order chi connectivity index (χ0) is 11.3. The van der Waals surface area contributed by atoms with Gasteiger partial charge in [0.15, 0.2) is 0 Å². The summed E-state index contributed by atoms with van der Waals surface area (Å²) < 4.78 is 0. The van der Waals surface area contributed by atoms with E-state index in [1.165, 1.54) is 5.56 Å². The number of hydrogen-bond acceptors (Lipinski definition) is 1.